The van der Waals surface area contributed by atoms with Crippen LogP contribution in [-0.2, 0) is 0 Å². The molecule has 0 atom stereocenters. The van der Waals surface area contributed by atoms with Gasteiger partial charge in [0.15, 0.2) is 5.82 Å². The quantitative estimate of drug-likeness (QED) is 0.698. The molecule has 1 aliphatic carbocycles. The van der Waals surface area contributed by atoms with E-state index in [1.807, 2.05) is 15.5 Å². The van der Waals surface area contributed by atoms with Crippen LogP contribution in [0.4, 0.5) is 11.6 Å². The number of piperazine rings is 1. The fourth-order valence-electron chi connectivity index (χ4n) is 4.40. The first kappa shape index (κ1) is 20.3. The summed E-state index contributed by atoms with van der Waals surface area (Å²) >= 11 is 0. The van der Waals surface area contributed by atoms with Crippen LogP contribution in [0.3, 0.4) is 0 Å². The fraction of sp³-hybridized carbons (Fsp3) is 0.750. The second kappa shape index (κ2) is 9.23. The number of aromatic nitrogens is 4. The molecule has 0 radical (unpaired) electrons. The molecular weight excluding hydrogens is 370 g/mol. The Kier molecular flexibility index (Phi) is 6.46. The molecule has 2 aromatic rings. The lowest BCUT2D eigenvalue weighted by atomic mass is 9.89. The van der Waals surface area contributed by atoms with Crippen LogP contribution >= 0.6 is 0 Å². The van der Waals surface area contributed by atoms with Crippen molar-refractivity contribution in [2.75, 3.05) is 69.3 Å². The molecule has 9 heteroatoms. The molecule has 4 rings (SSSR count). The Balaban J connectivity index is 1.74. The van der Waals surface area contributed by atoms with E-state index in [1.165, 1.54) is 19.3 Å². The maximum absolute atomic E-state index is 9.46. The lowest BCUT2D eigenvalue weighted by Gasteiger charge is -2.34. The van der Waals surface area contributed by atoms with Crippen LogP contribution < -0.4 is 9.80 Å². The van der Waals surface area contributed by atoms with Crippen LogP contribution in [0.2, 0.25) is 0 Å². The smallest absolute Gasteiger partial charge is 0.256 e. The van der Waals surface area contributed by atoms with Gasteiger partial charge in [0.1, 0.15) is 11.6 Å². The molecule has 2 N–H and O–H groups in total. The van der Waals surface area contributed by atoms with E-state index in [2.05, 4.69) is 16.8 Å². The first-order chi connectivity index (χ1) is 14.2. The maximum atomic E-state index is 9.46. The molecule has 3 heterocycles. The van der Waals surface area contributed by atoms with E-state index in [-0.39, 0.29) is 13.2 Å². The van der Waals surface area contributed by atoms with Gasteiger partial charge < -0.3 is 24.9 Å². The molecule has 0 unspecified atom stereocenters. The molecule has 9 nitrogen and oxygen atoms in total. The minimum absolute atomic E-state index is 0.0106. The molecule has 0 spiro atoms. The zero-order valence-electron chi connectivity index (χ0n) is 17.4. The second-order valence-corrected chi connectivity index (χ2v) is 8.21. The van der Waals surface area contributed by atoms with Crippen molar-refractivity contribution in [1.82, 2.24) is 24.5 Å². The van der Waals surface area contributed by atoms with Gasteiger partial charge in [-0.15, -0.1) is 5.10 Å². The van der Waals surface area contributed by atoms with Crippen molar-refractivity contribution in [3.63, 3.8) is 0 Å². The molecule has 160 valence electrons. The van der Waals surface area contributed by atoms with Crippen LogP contribution in [0.25, 0.3) is 5.78 Å². The first-order valence-corrected chi connectivity index (χ1v) is 10.9. The van der Waals surface area contributed by atoms with Crippen LogP contribution in [-0.4, -0.2) is 94.2 Å². The maximum Gasteiger partial charge on any atom is 0.256 e. The number of nitrogens with zero attached hydrogens (tertiary/aromatic N) is 7. The minimum atomic E-state index is 0.0106. The molecule has 0 amide bonds. The van der Waals surface area contributed by atoms with Gasteiger partial charge in [0, 0.05) is 51.3 Å². The normalized spacial score (nSPS) is 19.2. The van der Waals surface area contributed by atoms with E-state index in [4.69, 9.17) is 15.1 Å². The Labute approximate surface area is 172 Å². The van der Waals surface area contributed by atoms with Gasteiger partial charge in [0.05, 0.1) is 13.2 Å². The van der Waals surface area contributed by atoms with Gasteiger partial charge in [-0.25, -0.2) is 0 Å². The summed E-state index contributed by atoms with van der Waals surface area (Å²) in [7, 11) is 2.14. The third-order valence-corrected chi connectivity index (χ3v) is 6.16. The minimum Gasteiger partial charge on any atom is -0.395 e. The summed E-state index contributed by atoms with van der Waals surface area (Å²) < 4.78 is 1.90. The molecule has 29 heavy (non-hydrogen) atoms. The Morgan fingerprint density at radius 2 is 1.69 bits per heavy atom. The van der Waals surface area contributed by atoms with Gasteiger partial charge in [-0.3, -0.25) is 0 Å². The summed E-state index contributed by atoms with van der Waals surface area (Å²) in [5.74, 6) is 3.66. The van der Waals surface area contributed by atoms with Gasteiger partial charge in [0.2, 0.25) is 0 Å². The molecule has 1 saturated carbocycles. The number of likely N-dealkylation sites (N-methyl/N-ethyl adjacent to an activating group) is 1. The summed E-state index contributed by atoms with van der Waals surface area (Å²) in [6.45, 7) is 4.72. The van der Waals surface area contributed by atoms with Crippen molar-refractivity contribution in [1.29, 1.82) is 0 Å². The molecule has 2 fully saturated rings. The van der Waals surface area contributed by atoms with E-state index in [9.17, 15) is 10.2 Å². The molecule has 1 aliphatic heterocycles. The Hall–Kier alpha value is -1.97. The predicted octanol–water partition coefficient (Wildman–Crippen LogP) is 0.715. The first-order valence-electron chi connectivity index (χ1n) is 10.9. The van der Waals surface area contributed by atoms with E-state index < -0.39 is 0 Å². The number of hydrogen-bond donors (Lipinski definition) is 2. The lowest BCUT2D eigenvalue weighted by molar-refractivity contribution is 0.280. The zero-order valence-corrected chi connectivity index (χ0v) is 17.4. The van der Waals surface area contributed by atoms with Crippen molar-refractivity contribution in [2.24, 2.45) is 0 Å². The fourth-order valence-corrected chi connectivity index (χ4v) is 4.40. The van der Waals surface area contributed by atoms with Crippen LogP contribution in [0.1, 0.15) is 43.8 Å². The van der Waals surface area contributed by atoms with Crippen LogP contribution in [0.5, 0.6) is 0 Å². The lowest BCUT2D eigenvalue weighted by Crippen LogP contribution is -2.45. The second-order valence-electron chi connectivity index (χ2n) is 8.21. The highest BCUT2D eigenvalue weighted by Gasteiger charge is 2.25. The number of fused-ring (bicyclic) bond motifs is 1. The number of anilines is 2. The Morgan fingerprint density at radius 3 is 2.34 bits per heavy atom. The van der Waals surface area contributed by atoms with E-state index in [1.54, 1.807) is 0 Å². The number of aliphatic hydroxyl groups is 2. The zero-order chi connectivity index (χ0) is 20.2. The van der Waals surface area contributed by atoms with Crippen molar-refractivity contribution in [2.45, 2.75) is 38.0 Å². The molecule has 0 bridgehead atoms. The van der Waals surface area contributed by atoms with E-state index >= 15 is 0 Å². The average molecular weight is 404 g/mol. The van der Waals surface area contributed by atoms with E-state index in [0.29, 0.717) is 24.8 Å². The SMILES string of the molecule is CN1CCN(c2cc(N(CCO)CCO)nc3nc(C4CCCCC4)nn23)CC1. The summed E-state index contributed by atoms with van der Waals surface area (Å²) in [5.41, 5.74) is 0. The summed E-state index contributed by atoms with van der Waals surface area (Å²) in [6, 6.07) is 2.03. The van der Waals surface area contributed by atoms with Crippen molar-refractivity contribution >= 4 is 17.4 Å². The van der Waals surface area contributed by atoms with Gasteiger partial charge >= 0.3 is 0 Å². The molecule has 2 aliphatic rings. The summed E-state index contributed by atoms with van der Waals surface area (Å²) in [5, 5.41) is 23.8. The van der Waals surface area contributed by atoms with Crippen molar-refractivity contribution in [3.05, 3.63) is 11.9 Å². The standard InChI is InChI=1S/C20H33N7O2/c1-24-7-9-26(10-8-24)18-15-17(25(11-13-28)12-14-29)21-20-22-19(23-27(18)20)16-5-3-2-4-6-16/h15-16,28-29H,2-14H2,1H3. The molecule has 2 aromatic heterocycles. The third-order valence-electron chi connectivity index (χ3n) is 6.16. The van der Waals surface area contributed by atoms with Crippen LogP contribution in [0, 0.1) is 0 Å². The van der Waals surface area contributed by atoms with Gasteiger partial charge in [-0.1, -0.05) is 19.3 Å². The Bertz CT molecular complexity index is 791. The highest BCUT2D eigenvalue weighted by molar-refractivity contribution is 5.57. The van der Waals surface area contributed by atoms with Crippen molar-refractivity contribution < 1.29 is 10.2 Å². The summed E-state index contributed by atoms with van der Waals surface area (Å²) in [6.07, 6.45) is 6.08. The monoisotopic (exact) mass is 403 g/mol. The molecular formula is C20H33N7O2. The molecule has 1 saturated heterocycles. The number of rotatable bonds is 7. The van der Waals surface area contributed by atoms with Gasteiger partial charge in [0.25, 0.3) is 5.78 Å². The highest BCUT2D eigenvalue weighted by atomic mass is 16.3. The van der Waals surface area contributed by atoms with Gasteiger partial charge in [-0.2, -0.15) is 14.5 Å². The van der Waals surface area contributed by atoms with Crippen molar-refractivity contribution in [3.8, 4) is 0 Å². The van der Waals surface area contributed by atoms with E-state index in [0.717, 1.165) is 56.5 Å². The number of aliphatic hydroxyl groups excluding tert-OH is 2. The highest BCUT2D eigenvalue weighted by Crippen LogP contribution is 2.32. The summed E-state index contributed by atoms with van der Waals surface area (Å²) in [4.78, 5) is 16.2. The third kappa shape index (κ3) is 4.46. The average Bonchev–Trinajstić information content (AvgIpc) is 3.18. The Morgan fingerprint density at radius 1 is 1.00 bits per heavy atom. The van der Waals surface area contributed by atoms with Gasteiger partial charge in [-0.05, 0) is 19.9 Å². The predicted molar refractivity (Wildman–Crippen MR) is 113 cm³/mol. The molecule has 0 aromatic carbocycles. The van der Waals surface area contributed by atoms with Crippen LogP contribution in [0.15, 0.2) is 6.07 Å². The topological polar surface area (TPSA) is 93.3 Å². The largest absolute Gasteiger partial charge is 0.395 e. The number of hydrogen-bond acceptors (Lipinski definition) is 8.